The van der Waals surface area contributed by atoms with Gasteiger partial charge in [0.2, 0.25) is 5.91 Å². The van der Waals surface area contributed by atoms with Crippen LogP contribution in [0.2, 0.25) is 0 Å². The van der Waals surface area contributed by atoms with Gasteiger partial charge in [-0.1, -0.05) is 11.2 Å². The Labute approximate surface area is 186 Å². The molecule has 0 unspecified atom stereocenters. The fraction of sp³-hybridized carbons (Fsp3) is 0.429. The van der Waals surface area contributed by atoms with E-state index in [4.69, 9.17) is 4.52 Å². The fourth-order valence-electron chi connectivity index (χ4n) is 3.80. The van der Waals surface area contributed by atoms with Crippen molar-refractivity contribution in [2.24, 2.45) is 0 Å². The van der Waals surface area contributed by atoms with Crippen LogP contribution in [0.4, 0.5) is 18.9 Å². The highest BCUT2D eigenvalue weighted by Gasteiger charge is 2.31. The largest absolute Gasteiger partial charge is 0.416 e. The smallest absolute Gasteiger partial charge is 0.369 e. The number of nitrogens with zero attached hydrogens (tertiary/aromatic N) is 5. The van der Waals surface area contributed by atoms with Gasteiger partial charge >= 0.3 is 6.18 Å². The Morgan fingerprint density at radius 2 is 1.97 bits per heavy atom. The van der Waals surface area contributed by atoms with Crippen molar-refractivity contribution in [2.45, 2.75) is 19.6 Å². The number of halogens is 3. The predicted octanol–water partition coefficient (Wildman–Crippen LogP) is 1.65. The molecule has 9 nitrogen and oxygen atoms in total. The fourth-order valence-corrected chi connectivity index (χ4v) is 3.80. The van der Waals surface area contributed by atoms with Crippen molar-refractivity contribution >= 4 is 22.7 Å². The zero-order valence-corrected chi connectivity index (χ0v) is 17.9. The molecule has 1 saturated heterocycles. The SMILES string of the molecule is Cc1noc2ncn(CC(=O)NCCN3CCN(c4cccc(C(F)(F)F)c4)CC3)c(=O)c12. The van der Waals surface area contributed by atoms with Crippen LogP contribution in [0, 0.1) is 6.92 Å². The summed E-state index contributed by atoms with van der Waals surface area (Å²) in [7, 11) is 0. The minimum absolute atomic E-state index is 0.137. The van der Waals surface area contributed by atoms with Crippen molar-refractivity contribution in [1.82, 2.24) is 24.9 Å². The Hall–Kier alpha value is -3.41. The normalized spacial score (nSPS) is 15.2. The number of benzene rings is 1. The topological polar surface area (TPSA) is 96.5 Å². The maximum absolute atomic E-state index is 12.9. The second kappa shape index (κ2) is 9.22. The van der Waals surface area contributed by atoms with E-state index in [1.807, 2.05) is 4.90 Å². The van der Waals surface area contributed by atoms with Crippen LogP contribution in [0.5, 0.6) is 0 Å². The van der Waals surface area contributed by atoms with Gasteiger partial charge in [0.15, 0.2) is 0 Å². The number of rotatable bonds is 6. The average Bonchev–Trinajstić information content (AvgIpc) is 3.17. The van der Waals surface area contributed by atoms with Crippen LogP contribution in [0.3, 0.4) is 0 Å². The number of aryl methyl sites for hydroxylation is 1. The number of nitrogens with one attached hydrogen (secondary N) is 1. The van der Waals surface area contributed by atoms with Gasteiger partial charge in [-0.05, 0) is 25.1 Å². The molecule has 1 amide bonds. The molecule has 176 valence electrons. The molecule has 12 heteroatoms. The molecule has 3 heterocycles. The van der Waals surface area contributed by atoms with Gasteiger partial charge in [-0.15, -0.1) is 0 Å². The summed E-state index contributed by atoms with van der Waals surface area (Å²) in [6.07, 6.45) is -3.11. The molecule has 4 rings (SSSR count). The van der Waals surface area contributed by atoms with E-state index in [2.05, 4.69) is 20.4 Å². The molecule has 1 aliphatic rings. The Kier molecular flexibility index (Phi) is 6.36. The van der Waals surface area contributed by atoms with Crippen LogP contribution < -0.4 is 15.8 Å². The van der Waals surface area contributed by atoms with Crippen LogP contribution in [0.1, 0.15) is 11.3 Å². The maximum atomic E-state index is 12.9. The highest BCUT2D eigenvalue weighted by molar-refractivity contribution is 5.77. The number of amides is 1. The molecule has 0 aliphatic carbocycles. The van der Waals surface area contributed by atoms with E-state index in [1.54, 1.807) is 13.0 Å². The van der Waals surface area contributed by atoms with Gasteiger partial charge < -0.3 is 14.7 Å². The molecule has 0 radical (unpaired) electrons. The van der Waals surface area contributed by atoms with E-state index in [0.717, 1.165) is 6.07 Å². The van der Waals surface area contributed by atoms with Crippen LogP contribution in [-0.4, -0.2) is 64.8 Å². The standard InChI is InChI=1S/C21H23F3N6O3/c1-14-18-19(33-27-14)26-13-30(20(18)32)12-17(31)25-5-6-28-7-9-29(10-8-28)16-4-2-3-15(11-16)21(22,23)24/h2-4,11,13H,5-10,12H2,1H3,(H,25,31). The van der Waals surface area contributed by atoms with Gasteiger partial charge in [0.25, 0.3) is 11.3 Å². The van der Waals surface area contributed by atoms with E-state index in [1.165, 1.54) is 23.0 Å². The van der Waals surface area contributed by atoms with Gasteiger partial charge in [0.1, 0.15) is 18.3 Å². The number of carbonyl (C=O) groups is 1. The lowest BCUT2D eigenvalue weighted by molar-refractivity contribution is -0.137. The van der Waals surface area contributed by atoms with Crippen molar-refractivity contribution in [3.63, 3.8) is 0 Å². The van der Waals surface area contributed by atoms with Gasteiger partial charge in [-0.3, -0.25) is 19.1 Å². The summed E-state index contributed by atoms with van der Waals surface area (Å²) in [5.74, 6) is -0.324. The van der Waals surface area contributed by atoms with E-state index in [-0.39, 0.29) is 29.1 Å². The Balaban J connectivity index is 1.24. The molecule has 1 aliphatic heterocycles. The minimum Gasteiger partial charge on any atom is -0.369 e. The third-order valence-corrected chi connectivity index (χ3v) is 5.61. The first-order chi connectivity index (χ1) is 15.7. The number of carbonyl (C=O) groups excluding carboxylic acids is 1. The second-order valence-corrected chi connectivity index (χ2v) is 7.85. The number of aromatic nitrogens is 3. The number of alkyl halides is 3. The monoisotopic (exact) mass is 464 g/mol. The molecule has 33 heavy (non-hydrogen) atoms. The van der Waals surface area contributed by atoms with E-state index < -0.39 is 11.7 Å². The molecule has 3 aromatic rings. The molecule has 1 aromatic carbocycles. The number of anilines is 1. The van der Waals surface area contributed by atoms with Crippen LogP contribution in [-0.2, 0) is 17.5 Å². The first-order valence-electron chi connectivity index (χ1n) is 10.4. The molecule has 0 bridgehead atoms. The third kappa shape index (κ3) is 5.16. The van der Waals surface area contributed by atoms with E-state index in [0.29, 0.717) is 50.6 Å². The van der Waals surface area contributed by atoms with Gasteiger partial charge in [0.05, 0.1) is 11.3 Å². The van der Waals surface area contributed by atoms with Gasteiger partial charge in [0, 0.05) is 45.0 Å². The van der Waals surface area contributed by atoms with Gasteiger partial charge in [-0.25, -0.2) is 4.98 Å². The molecule has 1 fully saturated rings. The molecule has 0 atom stereocenters. The zero-order chi connectivity index (χ0) is 23.6. The van der Waals surface area contributed by atoms with Crippen molar-refractivity contribution in [1.29, 1.82) is 0 Å². The Bertz CT molecular complexity index is 1200. The quantitative estimate of drug-likeness (QED) is 0.593. The van der Waals surface area contributed by atoms with Crippen LogP contribution in [0.15, 0.2) is 39.9 Å². The minimum atomic E-state index is -4.36. The Morgan fingerprint density at radius 3 is 2.70 bits per heavy atom. The zero-order valence-electron chi connectivity index (χ0n) is 17.9. The third-order valence-electron chi connectivity index (χ3n) is 5.61. The van der Waals surface area contributed by atoms with Crippen LogP contribution in [0.25, 0.3) is 11.1 Å². The molecule has 2 aromatic heterocycles. The summed E-state index contributed by atoms with van der Waals surface area (Å²) in [6.45, 7) is 4.96. The Morgan fingerprint density at radius 1 is 1.21 bits per heavy atom. The lowest BCUT2D eigenvalue weighted by Gasteiger charge is -2.36. The first kappa shape index (κ1) is 22.8. The summed E-state index contributed by atoms with van der Waals surface area (Å²) in [5.41, 5.74) is 0.0641. The predicted molar refractivity (Wildman–Crippen MR) is 114 cm³/mol. The van der Waals surface area contributed by atoms with E-state index >= 15 is 0 Å². The average molecular weight is 464 g/mol. The summed E-state index contributed by atoms with van der Waals surface area (Å²) < 4.78 is 45.0. The highest BCUT2D eigenvalue weighted by Crippen LogP contribution is 2.31. The van der Waals surface area contributed by atoms with Crippen molar-refractivity contribution in [3.05, 3.63) is 52.2 Å². The number of piperazine rings is 1. The highest BCUT2D eigenvalue weighted by atomic mass is 19.4. The van der Waals surface area contributed by atoms with Crippen LogP contribution >= 0.6 is 0 Å². The lowest BCUT2D eigenvalue weighted by Crippen LogP contribution is -2.48. The number of hydrogen-bond acceptors (Lipinski definition) is 7. The molecule has 1 N–H and O–H groups in total. The summed E-state index contributed by atoms with van der Waals surface area (Å²) in [4.78, 5) is 32.8. The molecule has 0 saturated carbocycles. The number of hydrogen-bond donors (Lipinski definition) is 1. The summed E-state index contributed by atoms with van der Waals surface area (Å²) >= 11 is 0. The van der Waals surface area contributed by atoms with Crippen molar-refractivity contribution in [2.75, 3.05) is 44.2 Å². The second-order valence-electron chi connectivity index (χ2n) is 7.85. The van der Waals surface area contributed by atoms with E-state index in [9.17, 15) is 22.8 Å². The number of fused-ring (bicyclic) bond motifs is 1. The summed E-state index contributed by atoms with van der Waals surface area (Å²) in [5, 5.41) is 6.74. The van der Waals surface area contributed by atoms with Crippen molar-refractivity contribution < 1.29 is 22.5 Å². The maximum Gasteiger partial charge on any atom is 0.416 e. The van der Waals surface area contributed by atoms with Gasteiger partial charge in [-0.2, -0.15) is 13.2 Å². The lowest BCUT2D eigenvalue weighted by atomic mass is 10.1. The summed E-state index contributed by atoms with van der Waals surface area (Å²) in [6, 6.07) is 5.34. The first-order valence-corrected chi connectivity index (χ1v) is 10.4. The molecule has 0 spiro atoms. The molecular formula is C21H23F3N6O3. The molecular weight excluding hydrogens is 441 g/mol. The van der Waals surface area contributed by atoms with Crippen molar-refractivity contribution in [3.8, 4) is 0 Å².